The molecule has 1 aliphatic rings. The molecule has 2 N–H and O–H groups in total. The van der Waals surface area contributed by atoms with Crippen molar-refractivity contribution in [3.8, 4) is 0 Å². The zero-order chi connectivity index (χ0) is 13.1. The quantitative estimate of drug-likeness (QED) is 0.912. The van der Waals surface area contributed by atoms with Gasteiger partial charge in [-0.15, -0.1) is 0 Å². The number of anilines is 1. The van der Waals surface area contributed by atoms with Crippen molar-refractivity contribution in [2.24, 2.45) is 5.73 Å². The summed E-state index contributed by atoms with van der Waals surface area (Å²) < 4.78 is 5.61. The molecule has 0 aliphatic carbocycles. The number of benzene rings is 1. The highest BCUT2D eigenvalue weighted by Gasteiger charge is 2.28. The van der Waals surface area contributed by atoms with E-state index < -0.39 is 0 Å². The SMILES string of the molecule is CC1OCCC1N(C)c1ccc(CCN)c(Cl)c1. The van der Waals surface area contributed by atoms with Crippen LogP contribution < -0.4 is 10.6 Å². The molecule has 0 aromatic heterocycles. The second-order valence-corrected chi connectivity index (χ2v) is 5.26. The van der Waals surface area contributed by atoms with Crippen LogP contribution in [0.1, 0.15) is 18.9 Å². The van der Waals surface area contributed by atoms with Gasteiger partial charge in [0.05, 0.1) is 12.1 Å². The molecule has 1 aromatic carbocycles. The molecule has 100 valence electrons. The van der Waals surface area contributed by atoms with E-state index in [1.165, 1.54) is 0 Å². The summed E-state index contributed by atoms with van der Waals surface area (Å²) in [6.45, 7) is 3.59. The fourth-order valence-electron chi connectivity index (χ4n) is 2.53. The van der Waals surface area contributed by atoms with Gasteiger partial charge in [0, 0.05) is 24.4 Å². The Morgan fingerprint density at radius 3 is 2.83 bits per heavy atom. The Bertz CT molecular complexity index is 411. The number of hydrogen-bond acceptors (Lipinski definition) is 3. The van der Waals surface area contributed by atoms with Crippen molar-refractivity contribution in [2.75, 3.05) is 25.1 Å². The van der Waals surface area contributed by atoms with Crippen LogP contribution in [0.5, 0.6) is 0 Å². The van der Waals surface area contributed by atoms with Crippen molar-refractivity contribution in [1.82, 2.24) is 0 Å². The van der Waals surface area contributed by atoms with Crippen LogP contribution in [-0.2, 0) is 11.2 Å². The molecule has 18 heavy (non-hydrogen) atoms. The molecule has 0 saturated carbocycles. The molecule has 0 radical (unpaired) electrons. The topological polar surface area (TPSA) is 38.5 Å². The van der Waals surface area contributed by atoms with E-state index >= 15 is 0 Å². The number of nitrogens with zero attached hydrogens (tertiary/aromatic N) is 1. The van der Waals surface area contributed by atoms with Crippen molar-refractivity contribution in [1.29, 1.82) is 0 Å². The van der Waals surface area contributed by atoms with Crippen LogP contribution in [0.25, 0.3) is 0 Å². The average Bonchev–Trinajstić information content (AvgIpc) is 2.77. The fraction of sp³-hybridized carbons (Fsp3) is 0.571. The Labute approximate surface area is 114 Å². The van der Waals surface area contributed by atoms with Crippen molar-refractivity contribution < 1.29 is 4.74 Å². The maximum atomic E-state index is 6.28. The lowest BCUT2D eigenvalue weighted by molar-refractivity contribution is 0.118. The highest BCUT2D eigenvalue weighted by Crippen LogP contribution is 2.28. The van der Waals surface area contributed by atoms with Crippen LogP contribution in [0.4, 0.5) is 5.69 Å². The highest BCUT2D eigenvalue weighted by atomic mass is 35.5. The summed E-state index contributed by atoms with van der Waals surface area (Å²) in [5, 5.41) is 0.802. The largest absolute Gasteiger partial charge is 0.376 e. The second-order valence-electron chi connectivity index (χ2n) is 4.86. The molecule has 0 amide bonds. The first-order valence-corrected chi connectivity index (χ1v) is 6.84. The third-order valence-corrected chi connectivity index (χ3v) is 4.04. The highest BCUT2D eigenvalue weighted by molar-refractivity contribution is 6.31. The van der Waals surface area contributed by atoms with Crippen molar-refractivity contribution in [2.45, 2.75) is 31.9 Å². The molecule has 0 spiro atoms. The van der Waals surface area contributed by atoms with Gasteiger partial charge in [0.2, 0.25) is 0 Å². The first kappa shape index (κ1) is 13.7. The van der Waals surface area contributed by atoms with Crippen LogP contribution in [-0.4, -0.2) is 32.3 Å². The van der Waals surface area contributed by atoms with Crippen LogP contribution in [0.2, 0.25) is 5.02 Å². The molecule has 1 saturated heterocycles. The minimum Gasteiger partial charge on any atom is -0.376 e. The molecule has 4 heteroatoms. The molecule has 1 fully saturated rings. The number of hydrogen-bond donors (Lipinski definition) is 1. The van der Waals surface area contributed by atoms with E-state index in [4.69, 9.17) is 22.1 Å². The smallest absolute Gasteiger partial charge is 0.0750 e. The molecular weight excluding hydrogens is 248 g/mol. The van der Waals surface area contributed by atoms with E-state index in [0.717, 1.165) is 35.7 Å². The molecule has 1 heterocycles. The summed E-state index contributed by atoms with van der Waals surface area (Å²) in [5.41, 5.74) is 7.82. The molecule has 3 nitrogen and oxygen atoms in total. The Kier molecular flexibility index (Phi) is 4.49. The predicted molar refractivity (Wildman–Crippen MR) is 76.4 cm³/mol. The Morgan fingerprint density at radius 1 is 1.50 bits per heavy atom. The Hall–Kier alpha value is -0.770. The van der Waals surface area contributed by atoms with E-state index in [1.807, 2.05) is 6.07 Å². The Morgan fingerprint density at radius 2 is 2.28 bits per heavy atom. The zero-order valence-corrected chi connectivity index (χ0v) is 11.8. The van der Waals surface area contributed by atoms with E-state index in [1.54, 1.807) is 0 Å². The molecule has 1 aliphatic heterocycles. The van der Waals surface area contributed by atoms with E-state index in [9.17, 15) is 0 Å². The van der Waals surface area contributed by atoms with Crippen LogP contribution >= 0.6 is 11.6 Å². The van der Waals surface area contributed by atoms with Gasteiger partial charge in [-0.3, -0.25) is 0 Å². The minimum absolute atomic E-state index is 0.275. The molecule has 0 bridgehead atoms. The maximum Gasteiger partial charge on any atom is 0.0750 e. The van der Waals surface area contributed by atoms with Crippen LogP contribution in [0, 0.1) is 0 Å². The standard InChI is InChI=1S/C14H21ClN2O/c1-10-14(6-8-18-10)17(2)12-4-3-11(5-7-16)13(15)9-12/h3-4,9-10,14H,5-8,16H2,1-2H3. The molecule has 2 atom stereocenters. The summed E-state index contributed by atoms with van der Waals surface area (Å²) in [6.07, 6.45) is 2.17. The number of nitrogens with two attached hydrogens (primary N) is 1. The summed E-state index contributed by atoms with van der Waals surface area (Å²) >= 11 is 6.28. The van der Waals surface area contributed by atoms with Crippen molar-refractivity contribution >= 4 is 17.3 Å². The third-order valence-electron chi connectivity index (χ3n) is 3.69. The average molecular weight is 269 g/mol. The van der Waals surface area contributed by atoms with Crippen molar-refractivity contribution in [3.63, 3.8) is 0 Å². The van der Waals surface area contributed by atoms with Gasteiger partial charge in [0.15, 0.2) is 0 Å². The van der Waals surface area contributed by atoms with Crippen LogP contribution in [0.15, 0.2) is 18.2 Å². The van der Waals surface area contributed by atoms with E-state index in [0.29, 0.717) is 12.6 Å². The molecule has 1 aromatic rings. The van der Waals surface area contributed by atoms with Gasteiger partial charge in [-0.05, 0) is 44.0 Å². The zero-order valence-electron chi connectivity index (χ0n) is 11.0. The van der Waals surface area contributed by atoms with E-state index in [2.05, 4.69) is 31.0 Å². The van der Waals surface area contributed by atoms with Gasteiger partial charge in [0.25, 0.3) is 0 Å². The monoisotopic (exact) mass is 268 g/mol. The summed E-state index contributed by atoms with van der Waals surface area (Å²) in [7, 11) is 2.10. The maximum absolute atomic E-state index is 6.28. The number of ether oxygens (including phenoxy) is 1. The minimum atomic E-state index is 0.275. The van der Waals surface area contributed by atoms with Gasteiger partial charge in [-0.1, -0.05) is 17.7 Å². The van der Waals surface area contributed by atoms with Gasteiger partial charge in [0.1, 0.15) is 0 Å². The third kappa shape index (κ3) is 2.79. The lowest BCUT2D eigenvalue weighted by atomic mass is 10.1. The van der Waals surface area contributed by atoms with Gasteiger partial charge in [-0.2, -0.15) is 0 Å². The lowest BCUT2D eigenvalue weighted by Gasteiger charge is -2.29. The summed E-state index contributed by atoms with van der Waals surface area (Å²) in [5.74, 6) is 0. The first-order chi connectivity index (χ1) is 8.63. The molecular formula is C14H21ClN2O. The normalized spacial score (nSPS) is 23.3. The summed E-state index contributed by atoms with van der Waals surface area (Å²) in [6, 6.07) is 6.64. The van der Waals surface area contributed by atoms with Crippen molar-refractivity contribution in [3.05, 3.63) is 28.8 Å². The van der Waals surface area contributed by atoms with Gasteiger partial charge in [-0.25, -0.2) is 0 Å². The Balaban J connectivity index is 2.15. The van der Waals surface area contributed by atoms with Crippen LogP contribution in [0.3, 0.4) is 0 Å². The van der Waals surface area contributed by atoms with E-state index in [-0.39, 0.29) is 6.10 Å². The molecule has 2 unspecified atom stereocenters. The fourth-order valence-corrected chi connectivity index (χ4v) is 2.80. The number of likely N-dealkylation sites (N-methyl/N-ethyl adjacent to an activating group) is 1. The number of halogens is 1. The first-order valence-electron chi connectivity index (χ1n) is 6.46. The number of rotatable bonds is 4. The molecule has 2 rings (SSSR count). The lowest BCUT2D eigenvalue weighted by Crippen LogP contribution is -2.36. The summed E-state index contributed by atoms with van der Waals surface area (Å²) in [4.78, 5) is 2.26. The van der Waals surface area contributed by atoms with Gasteiger partial charge < -0.3 is 15.4 Å². The second kappa shape index (κ2) is 5.91. The van der Waals surface area contributed by atoms with Gasteiger partial charge >= 0.3 is 0 Å². The predicted octanol–water partition coefficient (Wildman–Crippen LogP) is 2.45.